The Morgan fingerprint density at radius 1 is 1.41 bits per heavy atom. The number of fused-ring (bicyclic) bond motifs is 2. The van der Waals surface area contributed by atoms with Gasteiger partial charge in [0.05, 0.1) is 0 Å². The van der Waals surface area contributed by atoms with Crippen LogP contribution in [0.5, 0.6) is 0 Å². The zero-order valence-electron chi connectivity index (χ0n) is 15.7. The monoisotopic (exact) mass is 692 g/mol. The molecule has 3 aromatic rings. The van der Waals surface area contributed by atoms with Crippen LogP contribution in [0, 0.1) is 2.88 Å². The molecule has 13 heteroatoms. The Labute approximate surface area is 218 Å². The molecule has 2 aromatic heterocycles. The molecular formula is C19H18ClIN2O5S3Se. The van der Waals surface area contributed by atoms with Crippen LogP contribution in [0.2, 0.25) is 5.02 Å². The van der Waals surface area contributed by atoms with Crippen molar-refractivity contribution in [1.82, 2.24) is 0 Å². The molecule has 0 spiro atoms. The summed E-state index contributed by atoms with van der Waals surface area (Å²) in [6.45, 7) is 1.23. The zero-order valence-corrected chi connectivity index (χ0v) is 22.8. The molecule has 1 unspecified atom stereocenters. The van der Waals surface area contributed by atoms with Gasteiger partial charge in [-0.2, -0.15) is 0 Å². The van der Waals surface area contributed by atoms with Gasteiger partial charge in [-0.15, -0.1) is 0 Å². The van der Waals surface area contributed by atoms with Crippen LogP contribution in [0.15, 0.2) is 28.9 Å². The van der Waals surface area contributed by atoms with Crippen LogP contribution >= 0.6 is 56.9 Å². The van der Waals surface area contributed by atoms with Crippen LogP contribution in [0.25, 0.3) is 15.6 Å². The van der Waals surface area contributed by atoms with E-state index >= 15 is 0 Å². The van der Waals surface area contributed by atoms with Crippen LogP contribution in [-0.4, -0.2) is 50.8 Å². The minimum absolute atomic E-state index is 0. The normalized spacial score (nSPS) is 15.8. The second-order valence-electron chi connectivity index (χ2n) is 6.75. The molecule has 1 N–H and O–H groups in total. The first-order valence-electron chi connectivity index (χ1n) is 8.77. The van der Waals surface area contributed by atoms with Crippen molar-refractivity contribution in [1.29, 1.82) is 0 Å². The van der Waals surface area contributed by atoms with E-state index < -0.39 is 21.3 Å². The van der Waals surface area contributed by atoms with Gasteiger partial charge in [-0.25, -0.2) is 0 Å². The summed E-state index contributed by atoms with van der Waals surface area (Å²) in [6, 6.07) is 7.47. The van der Waals surface area contributed by atoms with Crippen molar-refractivity contribution in [3.8, 4) is 0 Å². The van der Waals surface area contributed by atoms with Gasteiger partial charge in [-0.05, 0) is 0 Å². The van der Waals surface area contributed by atoms with Gasteiger partial charge in [-0.1, -0.05) is 7.43 Å². The van der Waals surface area contributed by atoms with Gasteiger partial charge in [-0.3, -0.25) is 0 Å². The molecule has 32 heavy (non-hydrogen) atoms. The van der Waals surface area contributed by atoms with Gasteiger partial charge in [0.1, 0.15) is 0 Å². The second-order valence-corrected chi connectivity index (χ2v) is 15.2. The Balaban J connectivity index is 0.00000289. The molecule has 1 atom stereocenters. The molecule has 1 aromatic carbocycles. The number of carboxylic acid groups (broad SMARTS) is 1. The van der Waals surface area contributed by atoms with Gasteiger partial charge in [0.25, 0.3) is 0 Å². The molecule has 0 fully saturated rings. The SMILES string of the molecule is C.CC(C[n+]1c(C=C2[Se]c3ccc(Cl)cc3N2CC(=O)O)sc2cc(I)sc21)S(=O)(=O)[O-]. The van der Waals surface area contributed by atoms with Crippen molar-refractivity contribution in [3.05, 3.63) is 41.8 Å². The van der Waals surface area contributed by atoms with Crippen LogP contribution in [-0.2, 0) is 21.5 Å². The molecule has 0 bridgehead atoms. The predicted octanol–water partition coefficient (Wildman–Crippen LogP) is 3.31. The molecule has 1 aliphatic heterocycles. The standard InChI is InChI=1S/C18H14ClIN2O5S3Se.CH4/c1-9(30(25,26)27)7-22-15(28-12-5-14(20)29-18(12)22)6-16-21(8-17(23)24)11-4-10(19)2-3-13(11)31-16;/h2-6,9H,7-8H2,1H3,(H-,23,24,25,26,27);1H4. The number of rotatable bonds is 6. The van der Waals surface area contributed by atoms with E-state index in [1.165, 1.54) is 29.6 Å². The number of anilines is 1. The molecule has 0 saturated heterocycles. The quantitative estimate of drug-likeness (QED) is 0.184. The molecule has 3 heterocycles. The number of carbonyl (C=O) groups is 1. The maximum absolute atomic E-state index is 11.5. The number of hydrogen-bond acceptors (Lipinski definition) is 7. The van der Waals surface area contributed by atoms with Crippen molar-refractivity contribution in [2.75, 3.05) is 11.4 Å². The van der Waals surface area contributed by atoms with E-state index in [1.54, 1.807) is 17.0 Å². The zero-order chi connectivity index (χ0) is 22.5. The van der Waals surface area contributed by atoms with Crippen LogP contribution in [0.4, 0.5) is 5.69 Å². The first-order valence-corrected chi connectivity index (χ1v) is 15.0. The number of aromatic nitrogens is 1. The van der Waals surface area contributed by atoms with E-state index in [-0.39, 0.29) is 35.5 Å². The van der Waals surface area contributed by atoms with Crippen LogP contribution in [0.1, 0.15) is 19.4 Å². The van der Waals surface area contributed by atoms with Crippen molar-refractivity contribution >= 4 is 114 Å². The minimum atomic E-state index is -4.44. The molecule has 172 valence electrons. The number of halogens is 2. The number of benzene rings is 1. The number of thiophene rings is 1. The summed E-state index contributed by atoms with van der Waals surface area (Å²) < 4.78 is 40.4. The fourth-order valence-electron chi connectivity index (χ4n) is 3.08. The third-order valence-corrected chi connectivity index (χ3v) is 11.4. The Morgan fingerprint density at radius 3 is 2.78 bits per heavy atom. The molecule has 0 saturated carbocycles. The van der Waals surface area contributed by atoms with Crippen molar-refractivity contribution < 1.29 is 27.4 Å². The Bertz CT molecular complexity index is 1340. The van der Waals surface area contributed by atoms with Crippen molar-refractivity contribution in [2.24, 2.45) is 0 Å². The summed E-state index contributed by atoms with van der Waals surface area (Å²) in [4.78, 5) is 14.1. The molecule has 4 rings (SSSR count). The Kier molecular flexibility index (Phi) is 7.98. The first-order chi connectivity index (χ1) is 14.5. The summed E-state index contributed by atoms with van der Waals surface area (Å²) in [7, 11) is -4.44. The third kappa shape index (κ3) is 5.33. The number of aliphatic carboxylic acids is 1. The molecule has 0 amide bonds. The van der Waals surface area contributed by atoms with Gasteiger partial charge in [0, 0.05) is 0 Å². The van der Waals surface area contributed by atoms with Gasteiger partial charge in [0.15, 0.2) is 0 Å². The average molecular weight is 692 g/mol. The summed E-state index contributed by atoms with van der Waals surface area (Å²) in [5.74, 6) is -0.963. The average Bonchev–Trinajstić information content (AvgIpc) is 3.27. The third-order valence-electron chi connectivity index (χ3n) is 4.54. The predicted molar refractivity (Wildman–Crippen MR) is 138 cm³/mol. The van der Waals surface area contributed by atoms with Gasteiger partial charge < -0.3 is 0 Å². The molecule has 0 radical (unpaired) electrons. The summed E-state index contributed by atoms with van der Waals surface area (Å²) in [5.41, 5.74) is 0.774. The number of nitrogens with zero attached hydrogens (tertiary/aromatic N) is 2. The summed E-state index contributed by atoms with van der Waals surface area (Å²) in [6.07, 6.45) is 1.91. The van der Waals surface area contributed by atoms with E-state index in [0.717, 1.165) is 32.2 Å². The molecular weight excluding hydrogens is 674 g/mol. The maximum atomic E-state index is 11.5. The fraction of sp³-hybridized carbons (Fsp3) is 0.263. The van der Waals surface area contributed by atoms with E-state index in [2.05, 4.69) is 22.6 Å². The fourth-order valence-corrected chi connectivity index (χ4v) is 9.39. The Hall–Kier alpha value is -0.731. The van der Waals surface area contributed by atoms with E-state index in [4.69, 9.17) is 11.6 Å². The molecule has 0 aliphatic carbocycles. The van der Waals surface area contributed by atoms with Gasteiger partial charge in [0.2, 0.25) is 0 Å². The van der Waals surface area contributed by atoms with Gasteiger partial charge >= 0.3 is 213 Å². The van der Waals surface area contributed by atoms with Crippen LogP contribution < -0.4 is 13.9 Å². The number of thiazole rings is 1. The van der Waals surface area contributed by atoms with E-state index in [1.807, 2.05) is 22.8 Å². The first kappa shape index (κ1) is 25.9. The number of carboxylic acids is 1. The Morgan fingerprint density at radius 2 is 2.12 bits per heavy atom. The topological polar surface area (TPSA) is 102 Å². The van der Waals surface area contributed by atoms with E-state index in [9.17, 15) is 22.9 Å². The summed E-state index contributed by atoms with van der Waals surface area (Å²) >= 11 is 11.2. The molecule has 1 aliphatic rings. The van der Waals surface area contributed by atoms with E-state index in [0.29, 0.717) is 5.02 Å². The van der Waals surface area contributed by atoms with Crippen molar-refractivity contribution in [3.63, 3.8) is 0 Å². The summed E-state index contributed by atoms with van der Waals surface area (Å²) in [5, 5.41) is 9.65. The number of hydrogen-bond donors (Lipinski definition) is 1. The van der Waals surface area contributed by atoms with Crippen LogP contribution in [0.3, 0.4) is 0 Å². The second kappa shape index (κ2) is 9.87. The van der Waals surface area contributed by atoms with Crippen molar-refractivity contribution in [2.45, 2.75) is 26.1 Å². The molecule has 7 nitrogen and oxygen atoms in total.